The molecule has 6 nitrogen and oxygen atoms in total. The first-order valence-corrected chi connectivity index (χ1v) is 9.47. The number of rotatable bonds is 4. The number of pyridine rings is 2. The molecule has 2 aromatic heterocycles. The van der Waals surface area contributed by atoms with Crippen LogP contribution in [0.1, 0.15) is 50.9 Å². The number of hydrogen-bond acceptors (Lipinski definition) is 4. The van der Waals surface area contributed by atoms with Crippen LogP contribution in [0.5, 0.6) is 0 Å². The van der Waals surface area contributed by atoms with Gasteiger partial charge in [-0.15, -0.1) is 0 Å². The van der Waals surface area contributed by atoms with Gasteiger partial charge in [-0.3, -0.25) is 20.0 Å². The van der Waals surface area contributed by atoms with Crippen LogP contribution < -0.4 is 0 Å². The monoisotopic (exact) mass is 432 g/mol. The second-order valence-electron chi connectivity index (χ2n) is 6.00. The van der Waals surface area contributed by atoms with E-state index >= 15 is 0 Å². The zero-order chi connectivity index (χ0) is 20.5. The van der Waals surface area contributed by atoms with E-state index in [4.69, 9.17) is 20.8 Å². The van der Waals surface area contributed by atoms with E-state index in [1.54, 1.807) is 26.2 Å². The molecule has 0 saturated heterocycles. The van der Waals surface area contributed by atoms with Gasteiger partial charge < -0.3 is 10.8 Å². The first kappa shape index (κ1) is 26.5. The molecule has 0 amide bonds. The molecule has 2 unspecified atom stereocenters. The average Bonchev–Trinajstić information content (AvgIpc) is 2.74. The summed E-state index contributed by atoms with van der Waals surface area (Å²) >= 11 is 0. The Hall–Kier alpha value is -2.50. The van der Waals surface area contributed by atoms with Crippen LogP contribution in [0, 0.1) is 0 Å². The Labute approximate surface area is 184 Å². The second-order valence-corrected chi connectivity index (χ2v) is 6.00. The van der Waals surface area contributed by atoms with Crippen molar-refractivity contribution >= 4 is 24.9 Å². The van der Waals surface area contributed by atoms with Crippen LogP contribution in [-0.2, 0) is 17.1 Å². The number of aromatic nitrogens is 2. The summed E-state index contributed by atoms with van der Waals surface area (Å²) in [7, 11) is 0. The van der Waals surface area contributed by atoms with E-state index in [0.717, 1.165) is 36.7 Å². The van der Waals surface area contributed by atoms with E-state index in [2.05, 4.69) is 9.97 Å². The summed E-state index contributed by atoms with van der Waals surface area (Å²) in [6.45, 7) is 3.11. The van der Waals surface area contributed by atoms with Crippen molar-refractivity contribution in [3.05, 3.63) is 71.0 Å². The molecule has 0 N–H and O–H groups in total. The fraction of sp³-hybridized carbons (Fsp3) is 0.364. The van der Waals surface area contributed by atoms with Crippen LogP contribution in [0.15, 0.2) is 58.8 Å². The molecule has 2 aromatic rings. The summed E-state index contributed by atoms with van der Waals surface area (Å²) in [6.07, 6.45) is 14.0. The van der Waals surface area contributed by atoms with Crippen molar-refractivity contribution < 1.29 is 17.1 Å². The number of aliphatic imine (C=N–C) groups is 2. The Kier molecular flexibility index (Phi) is 16.1. The zero-order valence-electron chi connectivity index (χ0n) is 16.9. The molecule has 0 bridgehead atoms. The molecule has 0 aliphatic heterocycles. The van der Waals surface area contributed by atoms with E-state index in [-0.39, 0.29) is 29.2 Å². The van der Waals surface area contributed by atoms with Gasteiger partial charge in [0.2, 0.25) is 0 Å². The SMILES string of the molecule is C(=NC1CCCCC1N=Cc1ccccn1)c1ccccn1.CC=[N-].CC=[N-].[Fe+2]. The molecule has 2 atom stereocenters. The molecule has 154 valence electrons. The summed E-state index contributed by atoms with van der Waals surface area (Å²) < 4.78 is 0. The number of hydrogen-bond donors (Lipinski definition) is 0. The van der Waals surface area contributed by atoms with Crippen molar-refractivity contribution in [2.45, 2.75) is 51.6 Å². The van der Waals surface area contributed by atoms with Gasteiger partial charge in [0.25, 0.3) is 0 Å². The van der Waals surface area contributed by atoms with Crippen LogP contribution in [0.2, 0.25) is 0 Å². The van der Waals surface area contributed by atoms with Gasteiger partial charge in [0, 0.05) is 24.8 Å². The third-order valence-corrected chi connectivity index (χ3v) is 3.87. The molecule has 1 fully saturated rings. The summed E-state index contributed by atoms with van der Waals surface area (Å²) in [4.78, 5) is 18.0. The van der Waals surface area contributed by atoms with Crippen LogP contribution in [0.25, 0.3) is 10.8 Å². The van der Waals surface area contributed by atoms with Gasteiger partial charge in [-0.05, 0) is 37.1 Å². The molecule has 1 saturated carbocycles. The maximum Gasteiger partial charge on any atom is 2.00 e. The van der Waals surface area contributed by atoms with Crippen molar-refractivity contribution in [2.75, 3.05) is 0 Å². The van der Waals surface area contributed by atoms with Gasteiger partial charge >= 0.3 is 17.1 Å². The standard InChI is InChI=1S/C18H20N4.2C2H4N.Fe/c1-2-10-18(22-14-16-8-4-6-12-20-16)17(9-1)21-13-15-7-3-5-11-19-15;2*1-2-3;/h3-8,11-14,17-18H,1-2,9-10H2;2*2H,1H3;/q;2*-1;+2. The van der Waals surface area contributed by atoms with Crippen LogP contribution in [0.4, 0.5) is 0 Å². The third kappa shape index (κ3) is 11.8. The Morgan fingerprint density at radius 1 is 0.793 bits per heavy atom. The molecule has 0 spiro atoms. The zero-order valence-corrected chi connectivity index (χ0v) is 18.1. The minimum atomic E-state index is 0. The van der Waals surface area contributed by atoms with Crippen LogP contribution >= 0.6 is 0 Å². The van der Waals surface area contributed by atoms with Gasteiger partial charge in [0.1, 0.15) is 0 Å². The van der Waals surface area contributed by atoms with Crippen LogP contribution in [-0.4, -0.2) is 46.9 Å². The van der Waals surface area contributed by atoms with Gasteiger partial charge in [0.05, 0.1) is 23.5 Å². The smallest absolute Gasteiger partial charge is 0.814 e. The molecular formula is C22H28FeN6. The maximum atomic E-state index is 7.44. The Morgan fingerprint density at radius 2 is 1.17 bits per heavy atom. The Bertz CT molecular complexity index is 655. The summed E-state index contributed by atoms with van der Waals surface area (Å²) in [6, 6.07) is 12.2. The molecule has 0 aromatic carbocycles. The van der Waals surface area contributed by atoms with E-state index in [0.29, 0.717) is 0 Å². The van der Waals surface area contributed by atoms with E-state index in [9.17, 15) is 0 Å². The topological polar surface area (TPSA) is 95.1 Å². The van der Waals surface area contributed by atoms with Crippen molar-refractivity contribution in [3.63, 3.8) is 0 Å². The third-order valence-electron chi connectivity index (χ3n) is 3.87. The van der Waals surface area contributed by atoms with E-state index < -0.39 is 0 Å². The first-order chi connectivity index (χ1) is 13.7. The fourth-order valence-electron chi connectivity index (χ4n) is 2.69. The minimum absolute atomic E-state index is 0. The van der Waals surface area contributed by atoms with Crippen molar-refractivity contribution in [1.82, 2.24) is 9.97 Å². The van der Waals surface area contributed by atoms with Gasteiger partial charge in [-0.2, -0.15) is 0 Å². The normalized spacial score (nSPS) is 17.9. The molecule has 0 radical (unpaired) electrons. The average molecular weight is 432 g/mol. The van der Waals surface area contributed by atoms with Crippen molar-refractivity contribution in [3.8, 4) is 0 Å². The molecular weight excluding hydrogens is 404 g/mol. The molecule has 1 aliphatic rings. The largest absolute Gasteiger partial charge is 2.00 e. The number of nitrogens with zero attached hydrogens (tertiary/aromatic N) is 6. The summed E-state index contributed by atoms with van der Waals surface area (Å²) in [5.41, 5.74) is 1.81. The Balaban J connectivity index is 0.00000100. The second kappa shape index (κ2) is 17.6. The predicted octanol–water partition coefficient (Wildman–Crippen LogP) is 4.62. The quantitative estimate of drug-likeness (QED) is 0.521. The van der Waals surface area contributed by atoms with Crippen molar-refractivity contribution in [1.29, 1.82) is 0 Å². The van der Waals surface area contributed by atoms with Gasteiger partial charge in [0.15, 0.2) is 0 Å². The fourth-order valence-corrected chi connectivity index (χ4v) is 2.69. The van der Waals surface area contributed by atoms with E-state index in [1.165, 1.54) is 12.8 Å². The van der Waals surface area contributed by atoms with E-state index in [1.807, 2.05) is 48.8 Å². The Morgan fingerprint density at radius 3 is 1.48 bits per heavy atom. The summed E-state index contributed by atoms with van der Waals surface area (Å²) in [5.74, 6) is 0. The molecule has 3 rings (SSSR count). The van der Waals surface area contributed by atoms with Gasteiger partial charge in [-0.1, -0.05) is 38.8 Å². The maximum absolute atomic E-state index is 7.44. The van der Waals surface area contributed by atoms with Crippen LogP contribution in [0.3, 0.4) is 0 Å². The molecule has 1 aliphatic carbocycles. The molecule has 7 heteroatoms. The molecule has 2 heterocycles. The van der Waals surface area contributed by atoms with Crippen molar-refractivity contribution in [2.24, 2.45) is 9.98 Å². The predicted molar refractivity (Wildman–Crippen MR) is 120 cm³/mol. The first-order valence-electron chi connectivity index (χ1n) is 9.47. The minimum Gasteiger partial charge on any atom is -0.814 e. The summed E-state index contributed by atoms with van der Waals surface area (Å²) in [5, 5.41) is 14.9. The van der Waals surface area contributed by atoms with Gasteiger partial charge in [-0.25, -0.2) is 12.4 Å². The molecule has 29 heavy (non-hydrogen) atoms.